The molecule has 104 valence electrons. The molecule has 2 rings (SSSR count). The summed E-state index contributed by atoms with van der Waals surface area (Å²) in [6, 6.07) is 5.38. The highest BCUT2D eigenvalue weighted by atomic mass is 35.5. The number of hydrogen-bond donors (Lipinski definition) is 1. The fourth-order valence-electron chi connectivity index (χ4n) is 2.99. The maximum atomic E-state index is 11.4. The monoisotopic (exact) mass is 281 g/mol. The summed E-state index contributed by atoms with van der Waals surface area (Å²) >= 11 is 6.26. The maximum Gasteiger partial charge on any atom is 0.337 e. The van der Waals surface area contributed by atoms with Crippen LogP contribution in [-0.4, -0.2) is 23.7 Å². The van der Waals surface area contributed by atoms with E-state index in [1.807, 2.05) is 0 Å². The van der Waals surface area contributed by atoms with E-state index in [9.17, 15) is 9.90 Å². The van der Waals surface area contributed by atoms with Gasteiger partial charge in [0.15, 0.2) is 0 Å². The highest BCUT2D eigenvalue weighted by molar-refractivity contribution is 6.34. The molecule has 0 aromatic heterocycles. The average molecular weight is 282 g/mol. The van der Waals surface area contributed by atoms with Crippen molar-refractivity contribution in [1.29, 1.82) is 0 Å². The van der Waals surface area contributed by atoms with Crippen LogP contribution in [0.5, 0.6) is 0 Å². The highest BCUT2D eigenvalue weighted by Gasteiger charge is 2.32. The summed E-state index contributed by atoms with van der Waals surface area (Å²) in [6.45, 7) is 7.41. The van der Waals surface area contributed by atoms with Crippen LogP contribution in [0.15, 0.2) is 18.2 Å². The zero-order valence-corrected chi connectivity index (χ0v) is 12.3. The summed E-state index contributed by atoms with van der Waals surface area (Å²) < 4.78 is 0. The predicted molar refractivity (Wildman–Crippen MR) is 78.2 cm³/mol. The van der Waals surface area contributed by atoms with E-state index in [-0.39, 0.29) is 0 Å². The van der Waals surface area contributed by atoms with Gasteiger partial charge in [-0.15, -0.1) is 0 Å². The van der Waals surface area contributed by atoms with E-state index in [2.05, 4.69) is 25.7 Å². The van der Waals surface area contributed by atoms with E-state index in [0.29, 0.717) is 34.2 Å². The normalized spacial score (nSPS) is 27.4. The molecule has 3 unspecified atom stereocenters. The molecule has 1 aliphatic heterocycles. The first-order valence-corrected chi connectivity index (χ1v) is 7.08. The van der Waals surface area contributed by atoms with Crippen molar-refractivity contribution in [3.05, 3.63) is 28.8 Å². The van der Waals surface area contributed by atoms with Crippen LogP contribution >= 0.6 is 11.6 Å². The molecule has 1 fully saturated rings. The second-order valence-corrected chi connectivity index (χ2v) is 6.06. The molecular weight excluding hydrogens is 262 g/mol. The Hall–Kier alpha value is -1.22. The number of anilines is 1. The van der Waals surface area contributed by atoms with Crippen LogP contribution in [0, 0.1) is 11.8 Å². The van der Waals surface area contributed by atoms with E-state index in [4.69, 9.17) is 11.6 Å². The topological polar surface area (TPSA) is 40.5 Å². The number of hydrogen-bond acceptors (Lipinski definition) is 2. The van der Waals surface area contributed by atoms with Crippen molar-refractivity contribution in [3.63, 3.8) is 0 Å². The Balaban J connectivity index is 2.48. The largest absolute Gasteiger partial charge is 0.478 e. The Morgan fingerprint density at radius 3 is 2.68 bits per heavy atom. The summed E-state index contributed by atoms with van der Waals surface area (Å²) in [5, 5.41) is 9.87. The van der Waals surface area contributed by atoms with Gasteiger partial charge in [0.25, 0.3) is 0 Å². The lowest BCUT2D eigenvalue weighted by atomic mass is 9.85. The lowest BCUT2D eigenvalue weighted by Gasteiger charge is -2.43. The molecule has 0 bridgehead atoms. The van der Waals surface area contributed by atoms with Gasteiger partial charge in [-0.1, -0.05) is 31.5 Å². The van der Waals surface area contributed by atoms with Gasteiger partial charge >= 0.3 is 5.97 Å². The Morgan fingerprint density at radius 1 is 1.37 bits per heavy atom. The molecule has 1 aromatic rings. The van der Waals surface area contributed by atoms with Crippen LogP contribution in [0.4, 0.5) is 5.69 Å². The van der Waals surface area contributed by atoms with Gasteiger partial charge in [0.1, 0.15) is 0 Å². The number of piperidine rings is 1. The van der Waals surface area contributed by atoms with Crippen molar-refractivity contribution >= 4 is 23.3 Å². The zero-order valence-electron chi connectivity index (χ0n) is 11.6. The molecule has 0 radical (unpaired) electrons. The molecule has 0 aliphatic carbocycles. The maximum absolute atomic E-state index is 11.4. The molecule has 1 heterocycles. The van der Waals surface area contributed by atoms with Crippen LogP contribution in [0.1, 0.15) is 37.6 Å². The van der Waals surface area contributed by atoms with E-state index < -0.39 is 5.97 Å². The van der Waals surface area contributed by atoms with Crippen LogP contribution in [0.2, 0.25) is 5.02 Å². The molecule has 1 saturated heterocycles. The molecule has 0 spiro atoms. The first-order valence-electron chi connectivity index (χ1n) is 6.70. The molecule has 3 nitrogen and oxygen atoms in total. The molecule has 1 aliphatic rings. The summed E-state index contributed by atoms with van der Waals surface area (Å²) in [4.78, 5) is 13.6. The van der Waals surface area contributed by atoms with Crippen molar-refractivity contribution in [2.24, 2.45) is 11.8 Å². The summed E-state index contributed by atoms with van der Waals surface area (Å²) in [6.07, 6.45) is 1.17. The SMILES string of the molecule is CC1CC(C)C(C)N(c2c(Cl)cccc2C(=O)O)C1. The van der Waals surface area contributed by atoms with Crippen molar-refractivity contribution < 1.29 is 9.90 Å². The predicted octanol–water partition coefficient (Wildman–Crippen LogP) is 3.91. The highest BCUT2D eigenvalue weighted by Crippen LogP contribution is 2.37. The Labute approximate surface area is 119 Å². The number of para-hydroxylation sites is 1. The number of rotatable bonds is 2. The molecule has 3 atom stereocenters. The number of benzene rings is 1. The minimum atomic E-state index is -0.921. The second-order valence-electron chi connectivity index (χ2n) is 5.65. The smallest absolute Gasteiger partial charge is 0.337 e. The molecular formula is C15H20ClNO2. The zero-order chi connectivity index (χ0) is 14.2. The quantitative estimate of drug-likeness (QED) is 0.893. The van der Waals surface area contributed by atoms with Crippen LogP contribution in [0.3, 0.4) is 0 Å². The average Bonchev–Trinajstić information content (AvgIpc) is 2.33. The fraction of sp³-hybridized carbons (Fsp3) is 0.533. The fourth-order valence-corrected chi connectivity index (χ4v) is 3.27. The lowest BCUT2D eigenvalue weighted by molar-refractivity contribution is 0.0697. The molecule has 19 heavy (non-hydrogen) atoms. The van der Waals surface area contributed by atoms with Gasteiger partial charge in [0.2, 0.25) is 0 Å². The Morgan fingerprint density at radius 2 is 2.05 bits per heavy atom. The molecule has 0 amide bonds. The third kappa shape index (κ3) is 2.71. The van der Waals surface area contributed by atoms with Crippen LogP contribution in [0.25, 0.3) is 0 Å². The number of halogens is 1. The molecule has 1 N–H and O–H groups in total. The van der Waals surface area contributed by atoms with Crippen LogP contribution < -0.4 is 4.90 Å². The minimum Gasteiger partial charge on any atom is -0.478 e. The van der Waals surface area contributed by atoms with Gasteiger partial charge < -0.3 is 10.0 Å². The number of carboxylic acid groups (broad SMARTS) is 1. The lowest BCUT2D eigenvalue weighted by Crippen LogP contribution is -2.46. The molecule has 1 aromatic carbocycles. The summed E-state index contributed by atoms with van der Waals surface area (Å²) in [7, 11) is 0. The van der Waals surface area contributed by atoms with Crippen molar-refractivity contribution in [1.82, 2.24) is 0 Å². The number of nitrogens with zero attached hydrogens (tertiary/aromatic N) is 1. The van der Waals surface area contributed by atoms with Crippen molar-refractivity contribution in [2.45, 2.75) is 33.2 Å². The van der Waals surface area contributed by atoms with Crippen LogP contribution in [-0.2, 0) is 0 Å². The van der Waals surface area contributed by atoms with Crippen molar-refractivity contribution in [3.8, 4) is 0 Å². The third-order valence-electron chi connectivity index (χ3n) is 4.10. The standard InChI is InChI=1S/C15H20ClNO2/c1-9-7-10(2)11(3)17(8-9)14-12(15(18)19)5-4-6-13(14)16/h4-6,9-11H,7-8H2,1-3H3,(H,18,19). The third-order valence-corrected chi connectivity index (χ3v) is 4.41. The van der Waals surface area contributed by atoms with Gasteiger partial charge in [0.05, 0.1) is 16.3 Å². The van der Waals surface area contributed by atoms with E-state index in [0.717, 1.165) is 6.54 Å². The van der Waals surface area contributed by atoms with Gasteiger partial charge in [-0.25, -0.2) is 4.79 Å². The summed E-state index contributed by atoms with van der Waals surface area (Å²) in [5.41, 5.74) is 0.961. The first-order chi connectivity index (χ1) is 8.91. The molecule has 0 saturated carbocycles. The Kier molecular flexibility index (Phi) is 4.04. The number of aromatic carboxylic acids is 1. The van der Waals surface area contributed by atoms with E-state index in [1.165, 1.54) is 6.42 Å². The van der Waals surface area contributed by atoms with Gasteiger partial charge in [-0.05, 0) is 37.3 Å². The number of carbonyl (C=O) groups is 1. The second kappa shape index (κ2) is 5.41. The van der Waals surface area contributed by atoms with Gasteiger partial charge in [-0.2, -0.15) is 0 Å². The van der Waals surface area contributed by atoms with Gasteiger partial charge in [-0.3, -0.25) is 0 Å². The summed E-state index contributed by atoms with van der Waals surface area (Å²) in [5.74, 6) is 0.154. The van der Waals surface area contributed by atoms with E-state index >= 15 is 0 Å². The first kappa shape index (κ1) is 14.2. The van der Waals surface area contributed by atoms with Crippen molar-refractivity contribution in [2.75, 3.05) is 11.4 Å². The van der Waals surface area contributed by atoms with Gasteiger partial charge in [0, 0.05) is 12.6 Å². The number of carboxylic acids is 1. The van der Waals surface area contributed by atoms with E-state index in [1.54, 1.807) is 18.2 Å². The molecule has 4 heteroatoms. The Bertz CT molecular complexity index is 489. The minimum absolute atomic E-state index is 0.292.